The van der Waals surface area contributed by atoms with Gasteiger partial charge < -0.3 is 9.84 Å². The van der Waals surface area contributed by atoms with Crippen molar-refractivity contribution in [3.63, 3.8) is 0 Å². The molecule has 0 fully saturated rings. The summed E-state index contributed by atoms with van der Waals surface area (Å²) in [4.78, 5) is 10.7. The van der Waals surface area contributed by atoms with Crippen LogP contribution in [0.15, 0.2) is 12.2 Å². The Balaban J connectivity index is 1.93. The molecule has 3 heteroatoms. The molecule has 0 spiro atoms. The Morgan fingerprint density at radius 2 is 2.27 bits per heavy atom. The second kappa shape index (κ2) is 6.62. The van der Waals surface area contributed by atoms with Gasteiger partial charge >= 0.3 is 5.97 Å². The van der Waals surface area contributed by atoms with Gasteiger partial charge in [-0.05, 0) is 31.8 Å². The van der Waals surface area contributed by atoms with Crippen LogP contribution >= 0.6 is 0 Å². The molecule has 0 aliphatic carbocycles. The lowest BCUT2D eigenvalue weighted by atomic mass is 10.1. The predicted molar refractivity (Wildman–Crippen MR) is 58.4 cm³/mol. The number of unbranched alkanes of at least 4 members (excludes halogenated alkanes) is 2. The number of esters is 1. The van der Waals surface area contributed by atoms with Gasteiger partial charge in [-0.3, -0.25) is 0 Å². The number of carbonyl (C=O) groups excluding carboxylic acids is 1. The van der Waals surface area contributed by atoms with Gasteiger partial charge in [0.1, 0.15) is 6.10 Å². The minimum Gasteiger partial charge on any atom is -0.455 e. The second-order valence-corrected chi connectivity index (χ2v) is 4.03. The molecule has 0 aromatic carbocycles. The Morgan fingerprint density at radius 1 is 1.47 bits per heavy atom. The molecule has 2 atom stereocenters. The van der Waals surface area contributed by atoms with E-state index in [0.29, 0.717) is 0 Å². The number of ether oxygens (including phenoxy) is 1. The normalized spacial score (nSPS) is 21.7. The molecule has 0 amide bonds. The smallest absolute Gasteiger partial charge is 0.331 e. The molecule has 0 aromatic rings. The summed E-state index contributed by atoms with van der Waals surface area (Å²) in [6.45, 7) is 1.99. The quantitative estimate of drug-likeness (QED) is 0.520. The summed E-state index contributed by atoms with van der Waals surface area (Å²) in [5.41, 5.74) is 0. The van der Waals surface area contributed by atoms with E-state index in [1.165, 1.54) is 6.08 Å². The maximum Gasteiger partial charge on any atom is 0.331 e. The molecule has 0 aromatic heterocycles. The Hall–Kier alpha value is -0.830. The maximum atomic E-state index is 10.7. The molecule has 15 heavy (non-hydrogen) atoms. The fraction of sp³-hybridized carbons (Fsp3) is 0.750. The topological polar surface area (TPSA) is 46.5 Å². The van der Waals surface area contributed by atoms with Crippen molar-refractivity contribution in [2.75, 3.05) is 0 Å². The van der Waals surface area contributed by atoms with Crippen LogP contribution in [0.4, 0.5) is 0 Å². The lowest BCUT2D eigenvalue weighted by Gasteiger charge is -2.09. The summed E-state index contributed by atoms with van der Waals surface area (Å²) in [6, 6.07) is 0. The minimum atomic E-state index is -0.221. The lowest BCUT2D eigenvalue weighted by molar-refractivity contribution is -0.138. The zero-order chi connectivity index (χ0) is 11.1. The third kappa shape index (κ3) is 4.98. The third-order valence-corrected chi connectivity index (χ3v) is 2.71. The first-order valence-electron chi connectivity index (χ1n) is 5.79. The monoisotopic (exact) mass is 212 g/mol. The molecule has 1 N–H and O–H groups in total. The second-order valence-electron chi connectivity index (χ2n) is 4.03. The van der Waals surface area contributed by atoms with E-state index < -0.39 is 0 Å². The van der Waals surface area contributed by atoms with Crippen molar-refractivity contribution in [3.05, 3.63) is 12.2 Å². The van der Waals surface area contributed by atoms with Gasteiger partial charge in [0.05, 0.1) is 6.10 Å². The first-order valence-corrected chi connectivity index (χ1v) is 5.79. The van der Waals surface area contributed by atoms with E-state index in [2.05, 4.69) is 0 Å². The van der Waals surface area contributed by atoms with E-state index in [1.807, 2.05) is 13.0 Å². The molecular formula is C12H20O3. The Labute approximate surface area is 91.1 Å². The standard InChI is InChI=1S/C12H20O3/c1-2-10(13)6-4-3-5-7-11-8-9-12(14)15-11/h8-11,13H,2-7H2,1H3. The zero-order valence-corrected chi connectivity index (χ0v) is 9.32. The number of carbonyl (C=O) groups is 1. The van der Waals surface area contributed by atoms with Crippen molar-refractivity contribution >= 4 is 5.97 Å². The minimum absolute atomic E-state index is 0.00593. The van der Waals surface area contributed by atoms with Crippen molar-refractivity contribution in [1.82, 2.24) is 0 Å². The molecular weight excluding hydrogens is 192 g/mol. The fourth-order valence-electron chi connectivity index (χ4n) is 1.68. The van der Waals surface area contributed by atoms with Crippen LogP contribution in [0, 0.1) is 0 Å². The van der Waals surface area contributed by atoms with Gasteiger partial charge in [0.2, 0.25) is 0 Å². The highest BCUT2D eigenvalue weighted by molar-refractivity contribution is 5.84. The van der Waals surface area contributed by atoms with Crippen LogP contribution in [-0.2, 0) is 9.53 Å². The summed E-state index contributed by atoms with van der Waals surface area (Å²) < 4.78 is 5.01. The van der Waals surface area contributed by atoms with Crippen LogP contribution in [0.25, 0.3) is 0 Å². The first kappa shape index (κ1) is 12.2. The highest BCUT2D eigenvalue weighted by atomic mass is 16.5. The first-order chi connectivity index (χ1) is 7.22. The average molecular weight is 212 g/mol. The number of hydrogen-bond acceptors (Lipinski definition) is 3. The van der Waals surface area contributed by atoms with Crippen LogP contribution in [0.5, 0.6) is 0 Å². The summed E-state index contributed by atoms with van der Waals surface area (Å²) in [6.07, 6.45) is 9.00. The van der Waals surface area contributed by atoms with Crippen LogP contribution in [-0.4, -0.2) is 23.3 Å². The number of aliphatic hydroxyl groups is 1. The Kier molecular flexibility index (Phi) is 5.40. The molecule has 0 bridgehead atoms. The van der Waals surface area contributed by atoms with Gasteiger partial charge in [-0.15, -0.1) is 0 Å². The Bertz CT molecular complexity index is 223. The van der Waals surface area contributed by atoms with Crippen LogP contribution in [0.3, 0.4) is 0 Å². The van der Waals surface area contributed by atoms with Gasteiger partial charge in [-0.25, -0.2) is 4.79 Å². The SMILES string of the molecule is CCC(O)CCCCCC1C=CC(=O)O1. The largest absolute Gasteiger partial charge is 0.455 e. The molecule has 0 saturated carbocycles. The van der Waals surface area contributed by atoms with Gasteiger partial charge in [0.25, 0.3) is 0 Å². The van der Waals surface area contributed by atoms with E-state index >= 15 is 0 Å². The van der Waals surface area contributed by atoms with Crippen molar-refractivity contribution in [2.45, 2.75) is 57.7 Å². The summed E-state index contributed by atoms with van der Waals surface area (Å²) in [7, 11) is 0. The maximum absolute atomic E-state index is 10.7. The summed E-state index contributed by atoms with van der Waals surface area (Å²) in [5, 5.41) is 9.32. The molecule has 2 unspecified atom stereocenters. The van der Waals surface area contributed by atoms with E-state index in [0.717, 1.165) is 38.5 Å². The highest BCUT2D eigenvalue weighted by Gasteiger charge is 2.15. The van der Waals surface area contributed by atoms with Gasteiger partial charge in [0.15, 0.2) is 0 Å². The zero-order valence-electron chi connectivity index (χ0n) is 9.32. The van der Waals surface area contributed by atoms with Crippen molar-refractivity contribution in [3.8, 4) is 0 Å². The lowest BCUT2D eigenvalue weighted by Crippen LogP contribution is -2.07. The van der Waals surface area contributed by atoms with Crippen LogP contribution in [0.2, 0.25) is 0 Å². The molecule has 1 aliphatic rings. The van der Waals surface area contributed by atoms with Gasteiger partial charge in [-0.1, -0.05) is 19.8 Å². The molecule has 0 radical (unpaired) electrons. The van der Waals surface area contributed by atoms with Gasteiger partial charge in [0, 0.05) is 6.08 Å². The summed E-state index contributed by atoms with van der Waals surface area (Å²) in [5.74, 6) is -0.221. The fourth-order valence-corrected chi connectivity index (χ4v) is 1.68. The molecule has 1 heterocycles. The highest BCUT2D eigenvalue weighted by Crippen LogP contribution is 2.14. The molecule has 0 saturated heterocycles. The average Bonchev–Trinajstić information content (AvgIpc) is 2.63. The third-order valence-electron chi connectivity index (χ3n) is 2.71. The Morgan fingerprint density at radius 3 is 2.87 bits per heavy atom. The molecule has 1 rings (SSSR count). The molecule has 3 nitrogen and oxygen atoms in total. The molecule has 1 aliphatic heterocycles. The van der Waals surface area contributed by atoms with E-state index in [-0.39, 0.29) is 18.2 Å². The van der Waals surface area contributed by atoms with E-state index in [4.69, 9.17) is 4.74 Å². The number of aliphatic hydroxyl groups excluding tert-OH is 1. The van der Waals surface area contributed by atoms with Crippen LogP contribution in [0.1, 0.15) is 45.4 Å². The van der Waals surface area contributed by atoms with E-state index in [1.54, 1.807) is 0 Å². The van der Waals surface area contributed by atoms with Crippen molar-refractivity contribution < 1.29 is 14.6 Å². The number of rotatable bonds is 7. The van der Waals surface area contributed by atoms with Gasteiger partial charge in [-0.2, -0.15) is 0 Å². The number of cyclic esters (lactones) is 1. The molecule has 86 valence electrons. The number of hydrogen-bond donors (Lipinski definition) is 1. The van der Waals surface area contributed by atoms with Crippen molar-refractivity contribution in [2.24, 2.45) is 0 Å². The van der Waals surface area contributed by atoms with E-state index in [9.17, 15) is 9.90 Å². The summed E-state index contributed by atoms with van der Waals surface area (Å²) >= 11 is 0. The van der Waals surface area contributed by atoms with Crippen LogP contribution < -0.4 is 0 Å². The van der Waals surface area contributed by atoms with Crippen molar-refractivity contribution in [1.29, 1.82) is 0 Å². The predicted octanol–water partition coefficient (Wildman–Crippen LogP) is 2.19.